The number of amides is 2. The SMILES string of the molecule is O=C(NNC(=O)[C@@H]1COc2ccccc2O1)c1ccc(F)cc1Br. The molecule has 6 nitrogen and oxygen atoms in total. The summed E-state index contributed by atoms with van der Waals surface area (Å²) in [6.45, 7) is 0.0267. The van der Waals surface area contributed by atoms with Crippen LogP contribution in [0, 0.1) is 5.82 Å². The van der Waals surface area contributed by atoms with Gasteiger partial charge in [-0.15, -0.1) is 0 Å². The molecule has 2 aromatic carbocycles. The van der Waals surface area contributed by atoms with Crippen LogP contribution in [0.2, 0.25) is 0 Å². The predicted octanol–water partition coefficient (Wildman–Crippen LogP) is 2.19. The number of benzene rings is 2. The number of fused-ring (bicyclic) bond motifs is 1. The lowest BCUT2D eigenvalue weighted by atomic mass is 10.2. The number of rotatable bonds is 2. The highest BCUT2D eigenvalue weighted by Crippen LogP contribution is 2.30. The molecule has 0 unspecified atom stereocenters. The summed E-state index contributed by atoms with van der Waals surface area (Å²) in [4.78, 5) is 24.1. The average molecular weight is 395 g/mol. The smallest absolute Gasteiger partial charge is 0.283 e. The first-order valence-corrected chi connectivity index (χ1v) is 7.77. The number of halogens is 2. The molecule has 0 saturated carbocycles. The monoisotopic (exact) mass is 394 g/mol. The molecule has 0 saturated heterocycles. The van der Waals surface area contributed by atoms with Gasteiger partial charge in [0.2, 0.25) is 6.10 Å². The molecule has 2 amide bonds. The number of carbonyl (C=O) groups is 2. The molecular weight excluding hydrogens is 383 g/mol. The van der Waals surface area contributed by atoms with E-state index in [1.54, 1.807) is 24.3 Å². The van der Waals surface area contributed by atoms with Crippen molar-refractivity contribution in [2.75, 3.05) is 6.61 Å². The van der Waals surface area contributed by atoms with Crippen molar-refractivity contribution in [3.8, 4) is 11.5 Å². The van der Waals surface area contributed by atoms with Crippen LogP contribution in [0.5, 0.6) is 11.5 Å². The summed E-state index contributed by atoms with van der Waals surface area (Å²) in [5.74, 6) is -0.616. The van der Waals surface area contributed by atoms with Crippen LogP contribution < -0.4 is 20.3 Å². The zero-order valence-electron chi connectivity index (χ0n) is 12.2. The summed E-state index contributed by atoms with van der Waals surface area (Å²) in [5.41, 5.74) is 4.70. The highest BCUT2D eigenvalue weighted by molar-refractivity contribution is 9.10. The second-order valence-electron chi connectivity index (χ2n) is 4.93. The molecule has 0 bridgehead atoms. The molecular formula is C16H12BrFN2O4. The maximum atomic E-state index is 13.0. The summed E-state index contributed by atoms with van der Waals surface area (Å²) in [7, 11) is 0. The quantitative estimate of drug-likeness (QED) is 0.765. The van der Waals surface area contributed by atoms with Crippen molar-refractivity contribution in [3.63, 3.8) is 0 Å². The van der Waals surface area contributed by atoms with Crippen LogP contribution >= 0.6 is 15.9 Å². The molecule has 3 rings (SSSR count). The van der Waals surface area contributed by atoms with Crippen LogP contribution in [0.25, 0.3) is 0 Å². The van der Waals surface area contributed by atoms with Gasteiger partial charge in [0.05, 0.1) is 5.56 Å². The molecule has 24 heavy (non-hydrogen) atoms. The van der Waals surface area contributed by atoms with Gasteiger partial charge in [-0.05, 0) is 46.3 Å². The number of nitrogens with one attached hydrogen (secondary N) is 2. The van der Waals surface area contributed by atoms with Gasteiger partial charge in [-0.25, -0.2) is 4.39 Å². The molecule has 124 valence electrons. The molecule has 1 atom stereocenters. The third-order valence-corrected chi connectivity index (χ3v) is 3.93. The molecule has 0 fully saturated rings. The summed E-state index contributed by atoms with van der Waals surface area (Å²) in [6, 6.07) is 10.6. The second-order valence-corrected chi connectivity index (χ2v) is 5.79. The summed E-state index contributed by atoms with van der Waals surface area (Å²) < 4.78 is 24.3. The van der Waals surface area contributed by atoms with Gasteiger partial charge in [-0.3, -0.25) is 20.4 Å². The Morgan fingerprint density at radius 2 is 1.88 bits per heavy atom. The number of hydrogen-bond donors (Lipinski definition) is 2. The number of ether oxygens (including phenoxy) is 2. The highest BCUT2D eigenvalue weighted by Gasteiger charge is 2.27. The fourth-order valence-corrected chi connectivity index (χ4v) is 2.62. The third kappa shape index (κ3) is 3.48. The van der Waals surface area contributed by atoms with Crippen molar-refractivity contribution in [2.45, 2.75) is 6.10 Å². The van der Waals surface area contributed by atoms with Gasteiger partial charge in [0.15, 0.2) is 11.5 Å². The van der Waals surface area contributed by atoms with Crippen LogP contribution in [0.4, 0.5) is 4.39 Å². The van der Waals surface area contributed by atoms with Crippen molar-refractivity contribution in [1.82, 2.24) is 10.9 Å². The average Bonchev–Trinajstić information content (AvgIpc) is 2.59. The lowest BCUT2D eigenvalue weighted by Gasteiger charge is -2.25. The van der Waals surface area contributed by atoms with Gasteiger partial charge < -0.3 is 9.47 Å². The van der Waals surface area contributed by atoms with Crippen molar-refractivity contribution in [1.29, 1.82) is 0 Å². The van der Waals surface area contributed by atoms with E-state index in [2.05, 4.69) is 26.8 Å². The zero-order valence-corrected chi connectivity index (χ0v) is 13.8. The normalized spacial score (nSPS) is 15.5. The van der Waals surface area contributed by atoms with E-state index in [4.69, 9.17) is 9.47 Å². The van der Waals surface area contributed by atoms with Crippen molar-refractivity contribution >= 4 is 27.7 Å². The van der Waals surface area contributed by atoms with E-state index in [0.29, 0.717) is 11.5 Å². The van der Waals surface area contributed by atoms with Crippen molar-refractivity contribution < 1.29 is 23.5 Å². The Bertz CT molecular complexity index is 799. The first kappa shape index (κ1) is 16.3. The second kappa shape index (κ2) is 6.88. The lowest BCUT2D eigenvalue weighted by molar-refractivity contribution is -0.131. The maximum Gasteiger partial charge on any atom is 0.283 e. The van der Waals surface area contributed by atoms with E-state index in [9.17, 15) is 14.0 Å². The summed E-state index contributed by atoms with van der Waals surface area (Å²) in [5, 5.41) is 0. The van der Waals surface area contributed by atoms with Crippen molar-refractivity contribution in [2.24, 2.45) is 0 Å². The molecule has 2 N–H and O–H groups in total. The van der Waals surface area contributed by atoms with Gasteiger partial charge in [0.1, 0.15) is 12.4 Å². The van der Waals surface area contributed by atoms with Gasteiger partial charge >= 0.3 is 0 Å². The van der Waals surface area contributed by atoms with Gasteiger partial charge in [-0.1, -0.05) is 12.1 Å². The van der Waals surface area contributed by atoms with Crippen LogP contribution in [0.1, 0.15) is 10.4 Å². The van der Waals surface area contributed by atoms with Gasteiger partial charge in [0.25, 0.3) is 11.8 Å². The fourth-order valence-electron chi connectivity index (χ4n) is 2.09. The van der Waals surface area contributed by atoms with Crippen LogP contribution in [0.3, 0.4) is 0 Å². The zero-order chi connectivity index (χ0) is 17.1. The van der Waals surface area contributed by atoms with Crippen LogP contribution in [0.15, 0.2) is 46.9 Å². The number of hydrogen-bond acceptors (Lipinski definition) is 4. The van der Waals surface area contributed by atoms with Gasteiger partial charge in [-0.2, -0.15) is 0 Å². The summed E-state index contributed by atoms with van der Waals surface area (Å²) in [6.07, 6.45) is -0.892. The van der Waals surface area contributed by atoms with Crippen LogP contribution in [-0.4, -0.2) is 24.5 Å². The molecule has 0 radical (unpaired) electrons. The molecule has 2 aromatic rings. The topological polar surface area (TPSA) is 76.7 Å². The molecule has 1 heterocycles. The first-order chi connectivity index (χ1) is 11.5. The Balaban J connectivity index is 1.59. The van der Waals surface area contributed by atoms with E-state index in [0.717, 1.165) is 12.1 Å². The van der Waals surface area contributed by atoms with Gasteiger partial charge in [0, 0.05) is 4.47 Å². The fraction of sp³-hybridized carbons (Fsp3) is 0.125. The Morgan fingerprint density at radius 3 is 2.62 bits per heavy atom. The van der Waals surface area contributed by atoms with E-state index >= 15 is 0 Å². The number of para-hydroxylation sites is 2. The lowest BCUT2D eigenvalue weighted by Crippen LogP contribution is -2.50. The Hall–Kier alpha value is -2.61. The molecule has 1 aliphatic rings. The maximum absolute atomic E-state index is 13.0. The Morgan fingerprint density at radius 1 is 1.12 bits per heavy atom. The van der Waals surface area contributed by atoms with Crippen LogP contribution in [-0.2, 0) is 4.79 Å². The predicted molar refractivity (Wildman–Crippen MR) is 86.1 cm³/mol. The van der Waals surface area contributed by atoms with E-state index in [1.807, 2.05) is 0 Å². The largest absolute Gasteiger partial charge is 0.485 e. The summed E-state index contributed by atoms with van der Waals surface area (Å²) >= 11 is 3.09. The molecule has 0 aromatic heterocycles. The molecule has 1 aliphatic heterocycles. The first-order valence-electron chi connectivity index (χ1n) is 6.98. The minimum atomic E-state index is -0.892. The number of hydrazine groups is 1. The number of carbonyl (C=O) groups excluding carboxylic acids is 2. The standard InChI is InChI=1S/C16H12BrFN2O4/c17-11-7-9(18)5-6-10(11)15(21)19-20-16(22)14-8-23-12-3-1-2-4-13(12)24-14/h1-7,14H,8H2,(H,19,21)(H,20,22)/t14-/m0/s1. The highest BCUT2D eigenvalue weighted by atomic mass is 79.9. The third-order valence-electron chi connectivity index (χ3n) is 3.28. The van der Waals surface area contributed by atoms with E-state index in [1.165, 1.54) is 6.07 Å². The van der Waals surface area contributed by atoms with E-state index in [-0.39, 0.29) is 16.6 Å². The minimum Gasteiger partial charge on any atom is -0.485 e. The van der Waals surface area contributed by atoms with E-state index < -0.39 is 23.7 Å². The minimum absolute atomic E-state index is 0.0267. The molecule has 0 aliphatic carbocycles. The molecule has 0 spiro atoms. The Kier molecular flexibility index (Phi) is 4.66. The van der Waals surface area contributed by atoms with Crippen molar-refractivity contribution in [3.05, 3.63) is 58.3 Å². The Labute approximate surface area is 145 Å². The molecule has 8 heteroatoms.